The maximum atomic E-state index is 9.66. The molecule has 0 amide bonds. The molecule has 0 bridgehead atoms. The summed E-state index contributed by atoms with van der Waals surface area (Å²) < 4.78 is 6.13. The number of anilines is 1. The van der Waals surface area contributed by atoms with E-state index < -0.39 is 0 Å². The van der Waals surface area contributed by atoms with E-state index in [0.717, 1.165) is 40.5 Å². The van der Waals surface area contributed by atoms with E-state index >= 15 is 0 Å². The minimum Gasteiger partial charge on any atom is -0.394 e. The van der Waals surface area contributed by atoms with Crippen molar-refractivity contribution in [1.82, 2.24) is 9.97 Å². The number of nitrogens with zero attached hydrogens (tertiary/aromatic N) is 2. The Bertz CT molecular complexity index is 774. The maximum absolute atomic E-state index is 9.66. The van der Waals surface area contributed by atoms with E-state index in [-0.39, 0.29) is 18.2 Å². The molecular weight excluding hydrogens is 366 g/mol. The minimum absolute atomic E-state index is 0.00190. The predicted octanol–water partition coefficient (Wildman–Crippen LogP) is 4.62. The number of fused-ring (bicyclic) bond motifs is 3. The van der Waals surface area contributed by atoms with Crippen LogP contribution in [0.2, 0.25) is 0 Å². The summed E-state index contributed by atoms with van der Waals surface area (Å²) in [5.74, 6) is 0.858. The number of aliphatic hydroxyl groups excluding tert-OH is 1. The first-order valence-electron chi connectivity index (χ1n) is 9.39. The zero-order chi connectivity index (χ0) is 18.9. The first kappa shape index (κ1) is 19.9. The van der Waals surface area contributed by atoms with Gasteiger partial charge in [-0.3, -0.25) is 0 Å². The van der Waals surface area contributed by atoms with Crippen molar-refractivity contribution in [2.45, 2.75) is 82.5 Å². The van der Waals surface area contributed by atoms with Crippen LogP contribution in [0.15, 0.2) is 5.16 Å². The Morgan fingerprint density at radius 3 is 2.73 bits per heavy atom. The van der Waals surface area contributed by atoms with Crippen LogP contribution >= 0.6 is 23.1 Å². The highest BCUT2D eigenvalue weighted by atomic mass is 32.2. The molecule has 26 heavy (non-hydrogen) atoms. The Kier molecular flexibility index (Phi) is 6.11. The van der Waals surface area contributed by atoms with Gasteiger partial charge in [-0.2, -0.15) is 0 Å². The lowest BCUT2D eigenvalue weighted by molar-refractivity contribution is -0.0542. The van der Waals surface area contributed by atoms with E-state index in [0.29, 0.717) is 11.9 Å². The number of aromatic nitrogens is 2. The van der Waals surface area contributed by atoms with E-state index in [2.05, 4.69) is 39.9 Å². The van der Waals surface area contributed by atoms with Gasteiger partial charge in [0.1, 0.15) is 10.6 Å². The average molecular weight is 396 g/mol. The molecule has 0 unspecified atom stereocenters. The van der Waals surface area contributed by atoms with Gasteiger partial charge in [0.25, 0.3) is 0 Å². The Morgan fingerprint density at radius 2 is 2.12 bits per heavy atom. The normalized spacial score (nSPS) is 21.2. The SMILES string of the molecule is CC[C@H](CO)Nc1nc(SC(C)C)nc2sc3c(c12)C[C@](C)(CC)OC3. The molecule has 2 aromatic heterocycles. The van der Waals surface area contributed by atoms with Gasteiger partial charge in [0, 0.05) is 16.5 Å². The molecule has 0 spiro atoms. The molecule has 0 saturated heterocycles. The molecule has 0 fully saturated rings. The van der Waals surface area contributed by atoms with Gasteiger partial charge in [-0.25, -0.2) is 9.97 Å². The summed E-state index contributed by atoms with van der Waals surface area (Å²) in [6.07, 6.45) is 2.70. The first-order valence-corrected chi connectivity index (χ1v) is 11.1. The largest absolute Gasteiger partial charge is 0.394 e. The molecule has 0 aliphatic carbocycles. The molecule has 0 radical (unpaired) electrons. The average Bonchev–Trinajstić information content (AvgIpc) is 2.96. The Balaban J connectivity index is 2.12. The second-order valence-corrected chi connectivity index (χ2v) is 10.0. The van der Waals surface area contributed by atoms with Gasteiger partial charge in [0.15, 0.2) is 5.16 Å². The Morgan fingerprint density at radius 1 is 1.35 bits per heavy atom. The molecule has 3 heterocycles. The van der Waals surface area contributed by atoms with Crippen LogP contribution < -0.4 is 5.32 Å². The number of hydrogen-bond donors (Lipinski definition) is 2. The van der Waals surface area contributed by atoms with E-state index in [4.69, 9.17) is 14.7 Å². The van der Waals surface area contributed by atoms with Gasteiger partial charge in [0.05, 0.1) is 30.2 Å². The molecule has 144 valence electrons. The van der Waals surface area contributed by atoms with Gasteiger partial charge in [0.2, 0.25) is 0 Å². The zero-order valence-electron chi connectivity index (χ0n) is 16.3. The summed E-state index contributed by atoms with van der Waals surface area (Å²) in [7, 11) is 0. The van der Waals surface area contributed by atoms with Crippen molar-refractivity contribution in [3.8, 4) is 0 Å². The zero-order valence-corrected chi connectivity index (χ0v) is 17.9. The van der Waals surface area contributed by atoms with Crippen molar-refractivity contribution in [3.63, 3.8) is 0 Å². The lowest BCUT2D eigenvalue weighted by Gasteiger charge is -2.33. The Labute approximate surface area is 164 Å². The lowest BCUT2D eigenvalue weighted by atomic mass is 9.90. The van der Waals surface area contributed by atoms with Gasteiger partial charge in [-0.15, -0.1) is 11.3 Å². The second-order valence-electron chi connectivity index (χ2n) is 7.41. The van der Waals surface area contributed by atoms with E-state index in [1.54, 1.807) is 23.1 Å². The fourth-order valence-electron chi connectivity index (χ4n) is 3.12. The van der Waals surface area contributed by atoms with Crippen molar-refractivity contribution < 1.29 is 9.84 Å². The number of hydrogen-bond acceptors (Lipinski definition) is 7. The van der Waals surface area contributed by atoms with Crippen LogP contribution in [0.25, 0.3) is 10.2 Å². The number of aliphatic hydroxyl groups is 1. The molecule has 2 aromatic rings. The molecular formula is C19H29N3O2S2. The van der Waals surface area contributed by atoms with E-state index in [1.807, 2.05) is 0 Å². The van der Waals surface area contributed by atoms with Gasteiger partial charge in [-0.05, 0) is 25.3 Å². The molecule has 0 saturated carbocycles. The minimum atomic E-state index is -0.134. The number of ether oxygens (including phenoxy) is 1. The molecule has 3 rings (SSSR count). The van der Waals surface area contributed by atoms with Crippen molar-refractivity contribution in [2.75, 3.05) is 11.9 Å². The van der Waals surface area contributed by atoms with E-state index in [9.17, 15) is 5.11 Å². The smallest absolute Gasteiger partial charge is 0.191 e. The van der Waals surface area contributed by atoms with E-state index in [1.165, 1.54) is 10.4 Å². The highest BCUT2D eigenvalue weighted by molar-refractivity contribution is 7.99. The molecule has 2 atom stereocenters. The highest BCUT2D eigenvalue weighted by Crippen LogP contribution is 2.42. The predicted molar refractivity (Wildman–Crippen MR) is 110 cm³/mol. The summed E-state index contributed by atoms with van der Waals surface area (Å²) in [6, 6.07) is -0.00190. The number of thiophene rings is 1. The molecule has 2 N–H and O–H groups in total. The molecule has 7 heteroatoms. The van der Waals surface area contributed by atoms with Crippen LogP contribution in [-0.4, -0.2) is 38.6 Å². The third kappa shape index (κ3) is 4.01. The molecule has 1 aliphatic heterocycles. The third-order valence-electron chi connectivity index (χ3n) is 4.96. The van der Waals surface area contributed by atoms with Crippen LogP contribution in [0.4, 0.5) is 5.82 Å². The third-order valence-corrected chi connectivity index (χ3v) is 6.92. The first-order chi connectivity index (χ1) is 12.4. The standard InChI is InChI=1S/C19H29N3O2S2/c1-6-12(9-23)20-16-15-13-8-19(5,7-2)24-10-14(13)26-17(15)22-18(21-16)25-11(3)4/h11-12,23H,6-10H2,1-5H3,(H,20,21,22)/t12-,19+/m1/s1. The van der Waals surface area contributed by atoms with Crippen molar-refractivity contribution >= 4 is 39.1 Å². The molecule has 5 nitrogen and oxygen atoms in total. The summed E-state index contributed by atoms with van der Waals surface area (Å²) >= 11 is 3.39. The van der Waals surface area contributed by atoms with Crippen LogP contribution in [0.3, 0.4) is 0 Å². The fraction of sp³-hybridized carbons (Fsp3) is 0.684. The van der Waals surface area contributed by atoms with Crippen molar-refractivity contribution in [3.05, 3.63) is 10.4 Å². The summed E-state index contributed by atoms with van der Waals surface area (Å²) in [5, 5.41) is 15.5. The summed E-state index contributed by atoms with van der Waals surface area (Å²) in [4.78, 5) is 11.9. The fourth-order valence-corrected chi connectivity index (χ4v) is 4.99. The highest BCUT2D eigenvalue weighted by Gasteiger charge is 2.33. The lowest BCUT2D eigenvalue weighted by Crippen LogP contribution is -2.34. The van der Waals surface area contributed by atoms with Crippen LogP contribution in [0, 0.1) is 0 Å². The number of thioether (sulfide) groups is 1. The van der Waals surface area contributed by atoms with Gasteiger partial charge in [-0.1, -0.05) is 39.5 Å². The summed E-state index contributed by atoms with van der Waals surface area (Å²) in [5.41, 5.74) is 1.18. The summed E-state index contributed by atoms with van der Waals surface area (Å²) in [6.45, 7) is 11.5. The van der Waals surface area contributed by atoms with Crippen LogP contribution in [-0.2, 0) is 17.8 Å². The topological polar surface area (TPSA) is 67.3 Å². The number of nitrogens with one attached hydrogen (secondary N) is 1. The monoisotopic (exact) mass is 395 g/mol. The number of rotatable bonds is 7. The van der Waals surface area contributed by atoms with Gasteiger partial charge < -0.3 is 15.2 Å². The van der Waals surface area contributed by atoms with Crippen molar-refractivity contribution in [2.24, 2.45) is 0 Å². The quantitative estimate of drug-likeness (QED) is 0.527. The van der Waals surface area contributed by atoms with Gasteiger partial charge >= 0.3 is 0 Å². The Hall–Kier alpha value is -0.890. The van der Waals surface area contributed by atoms with Crippen LogP contribution in [0.5, 0.6) is 0 Å². The van der Waals surface area contributed by atoms with Crippen molar-refractivity contribution in [1.29, 1.82) is 0 Å². The second kappa shape index (κ2) is 8.00. The molecule has 1 aliphatic rings. The van der Waals surface area contributed by atoms with Crippen LogP contribution in [0.1, 0.15) is 57.9 Å². The molecule has 0 aromatic carbocycles. The maximum Gasteiger partial charge on any atom is 0.191 e.